The summed E-state index contributed by atoms with van der Waals surface area (Å²) >= 11 is 0. The molecule has 0 saturated carbocycles. The summed E-state index contributed by atoms with van der Waals surface area (Å²) in [7, 11) is 0. The lowest BCUT2D eigenvalue weighted by molar-refractivity contribution is -0.117. The highest BCUT2D eigenvalue weighted by molar-refractivity contribution is 5.98. The SMILES string of the molecule is CC1(C)C(N)CC(=O)N1c1ccccc1. The van der Waals surface area contributed by atoms with Gasteiger partial charge in [-0.05, 0) is 26.0 Å². The van der Waals surface area contributed by atoms with E-state index in [4.69, 9.17) is 5.73 Å². The third-order valence-corrected chi connectivity index (χ3v) is 3.14. The Balaban J connectivity index is 2.41. The number of nitrogens with two attached hydrogens (primary N) is 1. The molecule has 3 nitrogen and oxygen atoms in total. The van der Waals surface area contributed by atoms with Crippen LogP contribution in [0.4, 0.5) is 5.69 Å². The van der Waals surface area contributed by atoms with Crippen LogP contribution in [0, 0.1) is 0 Å². The Labute approximate surface area is 89.9 Å². The van der Waals surface area contributed by atoms with Gasteiger partial charge >= 0.3 is 0 Å². The molecule has 2 N–H and O–H groups in total. The van der Waals surface area contributed by atoms with Crippen LogP contribution in [0.3, 0.4) is 0 Å². The fraction of sp³-hybridized carbons (Fsp3) is 0.417. The largest absolute Gasteiger partial charge is 0.325 e. The zero-order valence-corrected chi connectivity index (χ0v) is 9.10. The lowest BCUT2D eigenvalue weighted by atomic mass is 9.96. The molecule has 1 aromatic rings. The molecule has 0 aliphatic carbocycles. The number of anilines is 1. The molecule has 1 saturated heterocycles. The third-order valence-electron chi connectivity index (χ3n) is 3.14. The zero-order valence-electron chi connectivity index (χ0n) is 9.10. The van der Waals surface area contributed by atoms with Gasteiger partial charge in [-0.2, -0.15) is 0 Å². The van der Waals surface area contributed by atoms with Crippen molar-refractivity contribution in [1.82, 2.24) is 0 Å². The van der Waals surface area contributed by atoms with Crippen molar-refractivity contribution in [2.24, 2.45) is 5.73 Å². The van der Waals surface area contributed by atoms with Gasteiger partial charge in [0.1, 0.15) is 0 Å². The van der Waals surface area contributed by atoms with Crippen LogP contribution in [0.25, 0.3) is 0 Å². The monoisotopic (exact) mass is 204 g/mol. The number of benzene rings is 1. The fourth-order valence-corrected chi connectivity index (χ4v) is 2.07. The van der Waals surface area contributed by atoms with Gasteiger partial charge in [0.2, 0.25) is 5.91 Å². The molecule has 1 aliphatic rings. The fourth-order valence-electron chi connectivity index (χ4n) is 2.07. The molecule has 1 amide bonds. The van der Waals surface area contributed by atoms with Crippen molar-refractivity contribution in [2.45, 2.75) is 31.8 Å². The average Bonchev–Trinajstić information content (AvgIpc) is 2.37. The summed E-state index contributed by atoms with van der Waals surface area (Å²) in [6.07, 6.45) is 0.432. The summed E-state index contributed by atoms with van der Waals surface area (Å²) in [5.74, 6) is 0.110. The Morgan fingerprint density at radius 3 is 2.40 bits per heavy atom. The predicted octanol–water partition coefficient (Wildman–Crippen LogP) is 1.53. The molecule has 1 atom stereocenters. The molecular formula is C12H16N2O. The molecule has 0 spiro atoms. The number of para-hydroxylation sites is 1. The van der Waals surface area contributed by atoms with Crippen molar-refractivity contribution < 1.29 is 4.79 Å². The van der Waals surface area contributed by atoms with Crippen LogP contribution in [0.2, 0.25) is 0 Å². The Morgan fingerprint density at radius 2 is 1.93 bits per heavy atom. The molecule has 1 unspecified atom stereocenters. The maximum Gasteiger partial charge on any atom is 0.229 e. The standard InChI is InChI=1S/C12H16N2O/c1-12(2)10(13)8-11(15)14(12)9-6-4-3-5-7-9/h3-7,10H,8,13H2,1-2H3. The first-order chi connectivity index (χ1) is 7.03. The van der Waals surface area contributed by atoms with Gasteiger partial charge in [-0.1, -0.05) is 18.2 Å². The Morgan fingerprint density at radius 1 is 1.33 bits per heavy atom. The van der Waals surface area contributed by atoms with E-state index in [1.54, 1.807) is 4.90 Å². The van der Waals surface area contributed by atoms with E-state index in [1.807, 2.05) is 44.2 Å². The van der Waals surface area contributed by atoms with Crippen molar-refractivity contribution in [1.29, 1.82) is 0 Å². The molecule has 3 heteroatoms. The van der Waals surface area contributed by atoms with E-state index in [9.17, 15) is 4.79 Å². The molecule has 0 aromatic heterocycles. The van der Waals surface area contributed by atoms with E-state index in [0.717, 1.165) is 5.69 Å². The number of carbonyl (C=O) groups excluding carboxylic acids is 1. The summed E-state index contributed by atoms with van der Waals surface area (Å²) in [6, 6.07) is 9.60. The van der Waals surface area contributed by atoms with Gasteiger partial charge in [0.15, 0.2) is 0 Å². The van der Waals surface area contributed by atoms with E-state index in [1.165, 1.54) is 0 Å². The molecule has 2 rings (SSSR count). The summed E-state index contributed by atoms with van der Waals surface area (Å²) in [6.45, 7) is 4.02. The summed E-state index contributed by atoms with van der Waals surface area (Å²) in [5, 5.41) is 0. The van der Waals surface area contributed by atoms with Crippen molar-refractivity contribution in [3.8, 4) is 0 Å². The van der Waals surface area contributed by atoms with E-state index in [0.29, 0.717) is 6.42 Å². The van der Waals surface area contributed by atoms with E-state index in [-0.39, 0.29) is 17.5 Å². The van der Waals surface area contributed by atoms with E-state index < -0.39 is 0 Å². The summed E-state index contributed by atoms with van der Waals surface area (Å²) in [4.78, 5) is 13.6. The molecule has 15 heavy (non-hydrogen) atoms. The first kappa shape index (κ1) is 10.2. The highest BCUT2D eigenvalue weighted by Crippen LogP contribution is 2.33. The minimum atomic E-state index is -0.293. The molecule has 0 bridgehead atoms. The van der Waals surface area contributed by atoms with Crippen molar-refractivity contribution in [3.05, 3.63) is 30.3 Å². The number of carbonyl (C=O) groups is 1. The molecule has 1 aromatic carbocycles. The first-order valence-electron chi connectivity index (χ1n) is 5.17. The highest BCUT2D eigenvalue weighted by atomic mass is 16.2. The Bertz CT molecular complexity index is 372. The minimum absolute atomic E-state index is 0.0924. The van der Waals surface area contributed by atoms with Crippen LogP contribution >= 0.6 is 0 Å². The average molecular weight is 204 g/mol. The number of nitrogens with zero attached hydrogens (tertiary/aromatic N) is 1. The third kappa shape index (κ3) is 1.53. The number of amides is 1. The molecule has 0 radical (unpaired) electrons. The van der Waals surface area contributed by atoms with Crippen molar-refractivity contribution >= 4 is 11.6 Å². The second-order valence-corrected chi connectivity index (χ2v) is 4.53. The second kappa shape index (κ2) is 3.35. The highest BCUT2D eigenvalue weighted by Gasteiger charge is 2.44. The molecular weight excluding hydrogens is 188 g/mol. The van der Waals surface area contributed by atoms with Crippen LogP contribution in [-0.2, 0) is 4.79 Å². The predicted molar refractivity (Wildman–Crippen MR) is 60.6 cm³/mol. The molecule has 1 fully saturated rings. The Hall–Kier alpha value is -1.35. The van der Waals surface area contributed by atoms with E-state index >= 15 is 0 Å². The number of rotatable bonds is 1. The number of hydrogen-bond acceptors (Lipinski definition) is 2. The van der Waals surface area contributed by atoms with Crippen molar-refractivity contribution in [2.75, 3.05) is 4.90 Å². The van der Waals surface area contributed by atoms with Crippen LogP contribution in [0.15, 0.2) is 30.3 Å². The summed E-state index contributed by atoms with van der Waals surface area (Å²) < 4.78 is 0. The first-order valence-corrected chi connectivity index (χ1v) is 5.17. The van der Waals surface area contributed by atoms with Gasteiger partial charge in [0.25, 0.3) is 0 Å². The molecule has 80 valence electrons. The normalized spacial score (nSPS) is 24.6. The van der Waals surface area contributed by atoms with Gasteiger partial charge in [0.05, 0.1) is 5.54 Å². The van der Waals surface area contributed by atoms with Gasteiger partial charge in [-0.3, -0.25) is 4.79 Å². The van der Waals surface area contributed by atoms with Gasteiger partial charge in [-0.25, -0.2) is 0 Å². The van der Waals surface area contributed by atoms with Crippen LogP contribution in [0.1, 0.15) is 20.3 Å². The van der Waals surface area contributed by atoms with Crippen LogP contribution in [-0.4, -0.2) is 17.5 Å². The van der Waals surface area contributed by atoms with Gasteiger partial charge in [-0.15, -0.1) is 0 Å². The zero-order chi connectivity index (χ0) is 11.1. The van der Waals surface area contributed by atoms with E-state index in [2.05, 4.69) is 0 Å². The van der Waals surface area contributed by atoms with Gasteiger partial charge < -0.3 is 10.6 Å². The lowest BCUT2D eigenvalue weighted by Gasteiger charge is -2.34. The van der Waals surface area contributed by atoms with Crippen molar-refractivity contribution in [3.63, 3.8) is 0 Å². The smallest absolute Gasteiger partial charge is 0.229 e. The second-order valence-electron chi connectivity index (χ2n) is 4.53. The minimum Gasteiger partial charge on any atom is -0.325 e. The Kier molecular flexibility index (Phi) is 2.27. The maximum absolute atomic E-state index is 11.8. The van der Waals surface area contributed by atoms with Gasteiger partial charge in [0, 0.05) is 18.2 Å². The maximum atomic E-state index is 11.8. The summed E-state index contributed by atoms with van der Waals surface area (Å²) in [5.41, 5.74) is 6.61. The topological polar surface area (TPSA) is 46.3 Å². The van der Waals surface area contributed by atoms with Crippen LogP contribution < -0.4 is 10.6 Å². The molecule has 1 heterocycles. The molecule has 1 aliphatic heterocycles. The van der Waals surface area contributed by atoms with Crippen LogP contribution in [0.5, 0.6) is 0 Å². The number of hydrogen-bond donors (Lipinski definition) is 1. The quantitative estimate of drug-likeness (QED) is 0.754. The lowest BCUT2D eigenvalue weighted by Crippen LogP contribution is -2.49.